The zero-order chi connectivity index (χ0) is 12.8. The lowest BCUT2D eigenvalue weighted by molar-refractivity contribution is 0.595. The van der Waals surface area contributed by atoms with Gasteiger partial charge in [-0.25, -0.2) is 0 Å². The zero-order valence-corrected chi connectivity index (χ0v) is 8.86. The molecule has 0 saturated carbocycles. The van der Waals surface area contributed by atoms with Gasteiger partial charge in [0.15, 0.2) is 0 Å². The minimum absolute atomic E-state index is 0.139. The van der Waals surface area contributed by atoms with E-state index in [4.69, 9.17) is 4.11 Å². The van der Waals surface area contributed by atoms with Crippen molar-refractivity contribution in [2.75, 3.05) is 16.8 Å². The first-order valence-corrected chi connectivity index (χ1v) is 5.00. The van der Waals surface area contributed by atoms with Crippen LogP contribution in [-0.4, -0.2) is 19.2 Å². The van der Waals surface area contributed by atoms with E-state index in [1.54, 1.807) is 0 Å². The second-order valence-electron chi connectivity index (χ2n) is 3.99. The Hall–Kier alpha value is -1.18. The predicted octanol–water partition coefficient (Wildman–Crippen LogP) is 2.70. The van der Waals surface area contributed by atoms with Crippen molar-refractivity contribution in [3.05, 3.63) is 24.3 Å². The third-order valence-electron chi connectivity index (χ3n) is 2.75. The van der Waals surface area contributed by atoms with Gasteiger partial charge >= 0.3 is 0 Å². The second kappa shape index (κ2) is 3.19. The van der Waals surface area contributed by atoms with E-state index in [-0.39, 0.29) is 12.2 Å². The molecule has 0 fully saturated rings. The van der Waals surface area contributed by atoms with E-state index in [0.717, 1.165) is 11.4 Å². The second-order valence-corrected chi connectivity index (χ2v) is 3.99. The topological polar surface area (TPSA) is 6.48 Å². The van der Waals surface area contributed by atoms with Gasteiger partial charge in [-0.05, 0) is 32.9 Å². The minimum atomic E-state index is -2.10. The first-order valence-electron chi connectivity index (χ1n) is 6.50. The van der Waals surface area contributed by atoms with Crippen LogP contribution < -0.4 is 9.80 Å². The van der Waals surface area contributed by atoms with E-state index in [1.807, 2.05) is 31.2 Å². The van der Waals surface area contributed by atoms with Crippen LogP contribution in [-0.2, 0) is 0 Å². The molecular weight excluding hydrogens is 172 g/mol. The highest BCUT2D eigenvalue weighted by Crippen LogP contribution is 2.39. The quantitative estimate of drug-likeness (QED) is 0.676. The summed E-state index contributed by atoms with van der Waals surface area (Å²) in [6, 6.07) is 7.97. The van der Waals surface area contributed by atoms with Crippen molar-refractivity contribution in [2.24, 2.45) is 0 Å². The number of fused-ring (bicyclic) bond motifs is 1. The van der Waals surface area contributed by atoms with Crippen molar-refractivity contribution in [1.29, 1.82) is 0 Å². The fourth-order valence-electron chi connectivity index (χ4n) is 2.12. The third-order valence-corrected chi connectivity index (χ3v) is 2.75. The Bertz CT molecular complexity index is 414. The fraction of sp³-hybridized carbons (Fsp3) is 0.500. The summed E-state index contributed by atoms with van der Waals surface area (Å²) >= 11 is 0. The molecule has 0 radical (unpaired) electrons. The minimum Gasteiger partial charge on any atom is -0.353 e. The van der Waals surface area contributed by atoms with Crippen molar-refractivity contribution in [3.63, 3.8) is 0 Å². The Morgan fingerprint density at radius 1 is 1.29 bits per heavy atom. The van der Waals surface area contributed by atoms with Crippen LogP contribution in [0.1, 0.15) is 24.9 Å². The number of nitrogens with zero attached hydrogens (tertiary/aromatic N) is 2. The number of hydrogen-bond acceptors (Lipinski definition) is 2. The SMILES string of the molecule is [2H]C([2H])([2H])N1c2ccccc2N(C(C)C)[C@@H]1C. The molecule has 14 heavy (non-hydrogen) atoms. The van der Waals surface area contributed by atoms with Crippen LogP contribution in [0.25, 0.3) is 0 Å². The van der Waals surface area contributed by atoms with Crippen molar-refractivity contribution in [1.82, 2.24) is 0 Å². The Labute approximate surface area is 90.3 Å². The Morgan fingerprint density at radius 3 is 2.50 bits per heavy atom. The van der Waals surface area contributed by atoms with Gasteiger partial charge in [0.1, 0.15) is 0 Å². The van der Waals surface area contributed by atoms with Crippen LogP contribution in [0.15, 0.2) is 24.3 Å². The molecule has 2 rings (SSSR count). The highest BCUT2D eigenvalue weighted by atomic mass is 15.4. The van der Waals surface area contributed by atoms with Gasteiger partial charge in [-0.15, -0.1) is 0 Å². The molecule has 0 saturated heterocycles. The molecule has 0 unspecified atom stereocenters. The first kappa shape index (κ1) is 6.33. The molecule has 0 aliphatic carbocycles. The fourth-order valence-corrected chi connectivity index (χ4v) is 2.12. The van der Waals surface area contributed by atoms with Crippen LogP contribution in [0.2, 0.25) is 0 Å². The summed E-state index contributed by atoms with van der Waals surface area (Å²) in [7, 11) is 0. The number of para-hydroxylation sites is 2. The molecule has 1 aromatic carbocycles. The number of rotatable bonds is 1. The Morgan fingerprint density at radius 2 is 1.93 bits per heavy atom. The molecule has 0 amide bonds. The average Bonchev–Trinajstić information content (AvgIpc) is 2.48. The number of benzene rings is 1. The van der Waals surface area contributed by atoms with E-state index in [2.05, 4.69) is 18.7 Å². The summed E-state index contributed by atoms with van der Waals surface area (Å²) in [6.07, 6.45) is -0.139. The van der Waals surface area contributed by atoms with Crippen molar-refractivity contribution in [3.8, 4) is 0 Å². The van der Waals surface area contributed by atoms with E-state index >= 15 is 0 Å². The lowest BCUT2D eigenvalue weighted by atomic mass is 10.2. The molecule has 1 atom stereocenters. The standard InChI is InChI=1S/C12H18N2/c1-9(2)14-10(3)13(4)11-7-5-6-8-12(11)14/h5-10H,1-4H3/t10-/m1/s1/i4D3. The van der Waals surface area contributed by atoms with Gasteiger partial charge in [-0.2, -0.15) is 0 Å². The molecule has 2 heteroatoms. The van der Waals surface area contributed by atoms with Crippen LogP contribution in [0.4, 0.5) is 11.4 Å². The van der Waals surface area contributed by atoms with Gasteiger partial charge in [-0.1, -0.05) is 12.1 Å². The third kappa shape index (κ3) is 1.17. The molecule has 1 aliphatic heterocycles. The Balaban J connectivity index is 2.53. The van der Waals surface area contributed by atoms with Gasteiger partial charge in [0.25, 0.3) is 0 Å². The van der Waals surface area contributed by atoms with Crippen LogP contribution in [0, 0.1) is 0 Å². The van der Waals surface area contributed by atoms with Crippen LogP contribution in [0.5, 0.6) is 0 Å². The summed E-state index contributed by atoms with van der Waals surface area (Å²) in [5.41, 5.74) is 1.81. The molecule has 76 valence electrons. The number of anilines is 2. The van der Waals surface area contributed by atoms with Gasteiger partial charge in [-0.3, -0.25) is 0 Å². The normalized spacial score (nSPS) is 24.6. The van der Waals surface area contributed by atoms with E-state index in [1.165, 1.54) is 4.90 Å². The predicted molar refractivity (Wildman–Crippen MR) is 61.9 cm³/mol. The van der Waals surface area contributed by atoms with Crippen LogP contribution >= 0.6 is 0 Å². The summed E-state index contributed by atoms with van der Waals surface area (Å²) < 4.78 is 23.0. The zero-order valence-electron chi connectivity index (χ0n) is 11.9. The summed E-state index contributed by atoms with van der Waals surface area (Å²) in [6.45, 7) is 4.00. The molecular formula is C12H18N2. The van der Waals surface area contributed by atoms with Gasteiger partial charge in [0, 0.05) is 17.1 Å². The molecule has 0 aromatic heterocycles. The molecule has 1 aliphatic rings. The van der Waals surface area contributed by atoms with Crippen molar-refractivity contribution >= 4 is 11.4 Å². The largest absolute Gasteiger partial charge is 0.353 e. The molecule has 2 nitrogen and oxygen atoms in total. The van der Waals surface area contributed by atoms with Crippen molar-refractivity contribution < 1.29 is 4.11 Å². The van der Waals surface area contributed by atoms with E-state index < -0.39 is 6.98 Å². The van der Waals surface area contributed by atoms with Crippen LogP contribution in [0.3, 0.4) is 0 Å². The van der Waals surface area contributed by atoms with Crippen molar-refractivity contribution in [2.45, 2.75) is 33.0 Å². The first-order chi connectivity index (χ1) is 7.84. The maximum absolute atomic E-state index is 7.65. The summed E-state index contributed by atoms with van der Waals surface area (Å²) in [5, 5.41) is 0. The molecule has 1 heterocycles. The lowest BCUT2D eigenvalue weighted by Gasteiger charge is -2.31. The summed E-state index contributed by atoms with van der Waals surface area (Å²) in [5.74, 6) is 0. The molecule has 0 N–H and O–H groups in total. The van der Waals surface area contributed by atoms with Gasteiger partial charge < -0.3 is 9.80 Å². The molecule has 0 bridgehead atoms. The molecule has 0 spiro atoms. The maximum Gasteiger partial charge on any atom is 0.0987 e. The highest BCUT2D eigenvalue weighted by Gasteiger charge is 2.31. The average molecular weight is 193 g/mol. The van der Waals surface area contributed by atoms with Gasteiger partial charge in [0.2, 0.25) is 0 Å². The van der Waals surface area contributed by atoms with E-state index in [0.29, 0.717) is 0 Å². The van der Waals surface area contributed by atoms with Gasteiger partial charge in [0.05, 0.1) is 17.5 Å². The van der Waals surface area contributed by atoms with E-state index in [9.17, 15) is 0 Å². The Kier molecular flexibility index (Phi) is 1.44. The molecule has 1 aromatic rings. The maximum atomic E-state index is 7.65. The highest BCUT2D eigenvalue weighted by molar-refractivity contribution is 5.77. The smallest absolute Gasteiger partial charge is 0.0987 e. The number of hydrogen-bond donors (Lipinski definition) is 0. The summed E-state index contributed by atoms with van der Waals surface area (Å²) in [4.78, 5) is 3.66. The monoisotopic (exact) mass is 193 g/mol. The lowest BCUT2D eigenvalue weighted by Crippen LogP contribution is -2.42.